The molecule has 3 heterocycles. The van der Waals surface area contributed by atoms with E-state index in [1.165, 1.54) is 12.3 Å². The van der Waals surface area contributed by atoms with Crippen LogP contribution < -0.4 is 16.3 Å². The second kappa shape index (κ2) is 8.57. The highest BCUT2D eigenvalue weighted by Crippen LogP contribution is 2.57. The van der Waals surface area contributed by atoms with Gasteiger partial charge < -0.3 is 9.47 Å². The fraction of sp³-hybridized carbons (Fsp3) is 0.706. The smallest absolute Gasteiger partial charge is 0.406 e. The maximum Gasteiger partial charge on any atom is 0.406 e. The molecule has 168 valence electrons. The fourth-order valence-electron chi connectivity index (χ4n) is 3.22. The van der Waals surface area contributed by atoms with Gasteiger partial charge in [0.15, 0.2) is 6.23 Å². The van der Waals surface area contributed by atoms with Crippen molar-refractivity contribution in [3.8, 4) is 0 Å². The van der Waals surface area contributed by atoms with Gasteiger partial charge in [-0.2, -0.15) is 0 Å². The van der Waals surface area contributed by atoms with E-state index >= 15 is 0 Å². The van der Waals surface area contributed by atoms with E-state index in [0.717, 1.165) is 4.57 Å². The molecule has 2 aliphatic heterocycles. The molecule has 1 aromatic rings. The van der Waals surface area contributed by atoms with Crippen molar-refractivity contribution >= 4 is 25.3 Å². The highest BCUT2D eigenvalue weighted by Gasteiger charge is 2.59. The number of nitrogens with zero attached hydrogens (tertiary/aromatic N) is 1. The first kappa shape index (κ1) is 23.2. The lowest BCUT2D eigenvalue weighted by molar-refractivity contribution is -0.147. The van der Waals surface area contributed by atoms with Crippen LogP contribution in [0.3, 0.4) is 0 Å². The number of hydrogen-bond donors (Lipinski definition) is 2. The molecule has 11 nitrogen and oxygen atoms in total. The summed E-state index contributed by atoms with van der Waals surface area (Å²) in [5, 5.41) is 2.72. The first-order valence-electron chi connectivity index (χ1n) is 9.46. The summed E-state index contributed by atoms with van der Waals surface area (Å²) in [6.07, 6.45) is -1.28. The van der Waals surface area contributed by atoms with Gasteiger partial charge in [-0.15, -0.1) is 11.6 Å². The van der Waals surface area contributed by atoms with E-state index in [2.05, 4.69) is 10.1 Å². The molecule has 0 aliphatic carbocycles. The molecule has 2 saturated heterocycles. The fourth-order valence-corrected chi connectivity index (χ4v) is 5.43. The molecule has 0 unspecified atom stereocenters. The quantitative estimate of drug-likeness (QED) is 0.359. The zero-order valence-corrected chi connectivity index (χ0v) is 18.6. The lowest BCUT2D eigenvalue weighted by Gasteiger charge is -2.36. The molecule has 0 radical (unpaired) electrons. The van der Waals surface area contributed by atoms with Crippen LogP contribution in [0.4, 0.5) is 0 Å². The molecule has 2 aliphatic rings. The molecule has 0 saturated carbocycles. The van der Waals surface area contributed by atoms with Crippen LogP contribution in [-0.4, -0.2) is 51.9 Å². The molecular weight excluding hydrogens is 441 g/mol. The summed E-state index contributed by atoms with van der Waals surface area (Å²) in [4.78, 5) is 35.9. The summed E-state index contributed by atoms with van der Waals surface area (Å²) in [6.45, 7) is 6.56. The van der Waals surface area contributed by atoms with Crippen LogP contribution in [0.25, 0.3) is 0 Å². The van der Waals surface area contributed by atoms with E-state index in [9.17, 15) is 18.9 Å². The predicted molar refractivity (Wildman–Crippen MR) is 106 cm³/mol. The Morgan fingerprint density at radius 1 is 1.47 bits per heavy atom. The lowest BCUT2D eigenvalue weighted by atomic mass is 10.0. The van der Waals surface area contributed by atoms with Gasteiger partial charge in [-0.05, 0) is 13.8 Å². The summed E-state index contributed by atoms with van der Waals surface area (Å²) >= 11 is 6.68. The lowest BCUT2D eigenvalue weighted by Crippen LogP contribution is -2.47. The third-order valence-electron chi connectivity index (χ3n) is 4.77. The van der Waals surface area contributed by atoms with Gasteiger partial charge in [-0.3, -0.25) is 28.2 Å². The SMILES string of the molecule is CC(C)C(=O)OC[C@H](C)N[P@]1(=O)OC[C@H]2O[C@@H](n3ccc(=O)[nH]c3=O)[C@](C)(Cl)[C@@H]2O1. The largest absolute Gasteiger partial charge is 0.464 e. The third-order valence-corrected chi connectivity index (χ3v) is 6.92. The first-order chi connectivity index (χ1) is 13.9. The Kier molecular flexibility index (Phi) is 6.62. The van der Waals surface area contributed by atoms with Crippen LogP contribution in [-0.2, 0) is 27.9 Å². The molecule has 2 N–H and O–H groups in total. The molecule has 0 bridgehead atoms. The minimum Gasteiger partial charge on any atom is -0.464 e. The van der Waals surface area contributed by atoms with Gasteiger partial charge in [0.25, 0.3) is 5.56 Å². The highest BCUT2D eigenvalue weighted by atomic mass is 35.5. The number of aromatic amines is 1. The Morgan fingerprint density at radius 3 is 2.80 bits per heavy atom. The molecule has 3 rings (SSSR count). The average Bonchev–Trinajstić information content (AvgIpc) is 2.89. The molecule has 0 amide bonds. The Hall–Kier alpha value is -1.49. The minimum atomic E-state index is -3.79. The van der Waals surface area contributed by atoms with Crippen molar-refractivity contribution in [3.05, 3.63) is 33.1 Å². The van der Waals surface area contributed by atoms with Crippen molar-refractivity contribution in [1.29, 1.82) is 0 Å². The first-order valence-corrected chi connectivity index (χ1v) is 11.4. The van der Waals surface area contributed by atoms with Crippen molar-refractivity contribution in [2.75, 3.05) is 13.2 Å². The number of fused-ring (bicyclic) bond motifs is 1. The standard InChI is InChI=1S/C17H25ClN3O8P/c1-9(2)14(23)26-7-10(3)20-30(25)27-8-11-13(29-30)17(4,18)15(28-11)21-6-5-12(22)19-16(21)24/h5-6,9-11,13,15H,7-8H2,1-4H3,(H,20,25)(H,19,22,24)/t10-,11+,13+,15+,17+,30-/m0/s1. The zero-order valence-electron chi connectivity index (χ0n) is 17.0. The van der Waals surface area contributed by atoms with Crippen LogP contribution in [0.5, 0.6) is 0 Å². The summed E-state index contributed by atoms with van der Waals surface area (Å²) in [6, 6.07) is 0.653. The molecular formula is C17H25ClN3O8P. The minimum absolute atomic E-state index is 0.0220. The monoisotopic (exact) mass is 465 g/mol. The maximum atomic E-state index is 13.1. The molecule has 1 aromatic heterocycles. The molecule has 30 heavy (non-hydrogen) atoms. The number of esters is 1. The number of carbonyl (C=O) groups excluding carboxylic acids is 1. The third kappa shape index (κ3) is 4.71. The Labute approximate surface area is 177 Å². The van der Waals surface area contributed by atoms with Crippen LogP contribution in [0.1, 0.15) is 33.9 Å². The Morgan fingerprint density at radius 2 is 2.17 bits per heavy atom. The van der Waals surface area contributed by atoms with E-state index in [0.29, 0.717) is 0 Å². The van der Waals surface area contributed by atoms with Crippen molar-refractivity contribution in [1.82, 2.24) is 14.6 Å². The number of alkyl halides is 1. The molecule has 0 spiro atoms. The van der Waals surface area contributed by atoms with E-state index in [-0.39, 0.29) is 25.1 Å². The maximum absolute atomic E-state index is 13.1. The molecule has 2 fully saturated rings. The van der Waals surface area contributed by atoms with Crippen molar-refractivity contribution in [2.45, 2.75) is 57.0 Å². The number of H-pyrrole nitrogens is 1. The van der Waals surface area contributed by atoms with E-state index in [4.69, 9.17) is 30.1 Å². The van der Waals surface area contributed by atoms with Gasteiger partial charge in [0.05, 0.1) is 12.5 Å². The number of ether oxygens (including phenoxy) is 2. The molecule has 0 aromatic carbocycles. The van der Waals surface area contributed by atoms with Crippen LogP contribution in [0, 0.1) is 5.92 Å². The number of nitrogens with one attached hydrogen (secondary N) is 2. The van der Waals surface area contributed by atoms with Crippen molar-refractivity contribution in [2.24, 2.45) is 5.92 Å². The number of carbonyl (C=O) groups is 1. The summed E-state index contributed by atoms with van der Waals surface area (Å²) in [7, 11) is -3.79. The number of rotatable bonds is 6. The summed E-state index contributed by atoms with van der Waals surface area (Å²) in [5.74, 6) is -0.656. The average molecular weight is 466 g/mol. The molecule has 6 atom stereocenters. The summed E-state index contributed by atoms with van der Waals surface area (Å²) in [5.41, 5.74) is -1.25. The predicted octanol–water partition coefficient (Wildman–Crippen LogP) is 1.13. The second-order valence-corrected chi connectivity index (χ2v) is 10.4. The van der Waals surface area contributed by atoms with Crippen LogP contribution in [0.2, 0.25) is 0 Å². The summed E-state index contributed by atoms with van der Waals surface area (Å²) < 4.78 is 36.3. The van der Waals surface area contributed by atoms with E-state index in [1.807, 2.05) is 0 Å². The van der Waals surface area contributed by atoms with Gasteiger partial charge in [-0.1, -0.05) is 13.8 Å². The van der Waals surface area contributed by atoms with Gasteiger partial charge in [0.2, 0.25) is 0 Å². The van der Waals surface area contributed by atoms with Crippen LogP contribution in [0.15, 0.2) is 21.9 Å². The topological polar surface area (TPSA) is 138 Å². The second-order valence-electron chi connectivity index (χ2n) is 7.83. The number of hydrogen-bond acceptors (Lipinski definition) is 8. The van der Waals surface area contributed by atoms with E-state index < -0.39 is 48.3 Å². The van der Waals surface area contributed by atoms with Crippen molar-refractivity contribution in [3.63, 3.8) is 0 Å². The van der Waals surface area contributed by atoms with Gasteiger partial charge in [-0.25, -0.2) is 14.4 Å². The molecule has 13 heteroatoms. The van der Waals surface area contributed by atoms with Crippen molar-refractivity contribution < 1.29 is 27.9 Å². The zero-order chi connectivity index (χ0) is 22.3. The number of aromatic nitrogens is 2. The van der Waals surface area contributed by atoms with Gasteiger partial charge in [0.1, 0.15) is 23.7 Å². The van der Waals surface area contributed by atoms with Gasteiger partial charge in [0, 0.05) is 18.3 Å². The van der Waals surface area contributed by atoms with Gasteiger partial charge >= 0.3 is 19.4 Å². The highest BCUT2D eigenvalue weighted by molar-refractivity contribution is 7.51. The Balaban J connectivity index is 1.71. The van der Waals surface area contributed by atoms with E-state index in [1.54, 1.807) is 27.7 Å². The van der Waals surface area contributed by atoms with Crippen LogP contribution >= 0.6 is 19.3 Å². The number of halogens is 1. The Bertz CT molecular complexity index is 961. The normalized spacial score (nSPS) is 34.5.